The van der Waals surface area contributed by atoms with Crippen LogP contribution in [-0.2, 0) is 20.9 Å². The predicted octanol–water partition coefficient (Wildman–Crippen LogP) is 1.12. The van der Waals surface area contributed by atoms with E-state index in [4.69, 9.17) is 14.6 Å². The monoisotopic (exact) mass is 470 g/mol. The summed E-state index contributed by atoms with van der Waals surface area (Å²) in [7, 11) is 1.37. The molecule has 1 aliphatic carbocycles. The molecule has 4 rings (SSSR count). The number of para-hydroxylation sites is 1. The normalized spacial score (nSPS) is 22.8. The third-order valence-corrected chi connectivity index (χ3v) is 6.12. The van der Waals surface area contributed by atoms with Gasteiger partial charge in [-0.05, 0) is 18.2 Å². The van der Waals surface area contributed by atoms with Crippen LogP contribution in [0, 0.1) is 5.82 Å². The maximum absolute atomic E-state index is 14.4. The van der Waals surface area contributed by atoms with Crippen LogP contribution in [0.5, 0.6) is 5.75 Å². The highest BCUT2D eigenvalue weighted by atomic mass is 19.1. The minimum Gasteiger partial charge on any atom is -0.486 e. The molecule has 0 radical (unpaired) electrons. The zero-order valence-electron chi connectivity index (χ0n) is 18.7. The molecule has 0 bridgehead atoms. The van der Waals surface area contributed by atoms with Gasteiger partial charge < -0.3 is 29.9 Å². The number of hydrogen-bond acceptors (Lipinski definition) is 6. The van der Waals surface area contributed by atoms with Gasteiger partial charge in [0.25, 0.3) is 0 Å². The van der Waals surface area contributed by atoms with Crippen molar-refractivity contribution in [2.45, 2.75) is 30.7 Å². The van der Waals surface area contributed by atoms with Gasteiger partial charge in [-0.2, -0.15) is 0 Å². The predicted molar refractivity (Wildman–Crippen MR) is 120 cm³/mol. The van der Waals surface area contributed by atoms with Gasteiger partial charge in [0, 0.05) is 36.9 Å². The molecule has 180 valence electrons. The number of carbonyl (C=O) groups excluding carboxylic acids is 2. The van der Waals surface area contributed by atoms with Crippen molar-refractivity contribution in [3.63, 3.8) is 0 Å². The Morgan fingerprint density at radius 1 is 1.18 bits per heavy atom. The van der Waals surface area contributed by atoms with Crippen LogP contribution in [0.1, 0.15) is 17.0 Å². The molecule has 9 heteroatoms. The van der Waals surface area contributed by atoms with E-state index in [1.165, 1.54) is 18.1 Å². The Balaban J connectivity index is 1.76. The Morgan fingerprint density at radius 2 is 1.91 bits per heavy atom. The second kappa shape index (κ2) is 10.3. The van der Waals surface area contributed by atoms with E-state index in [9.17, 15) is 19.1 Å². The number of hydrogen-bond donors (Lipinski definition) is 3. The average Bonchev–Trinajstić information content (AvgIpc) is 3.23. The Hall–Kier alpha value is -3.27. The highest BCUT2D eigenvalue weighted by molar-refractivity contribution is 5.96. The fraction of sp³-hybridized carbons (Fsp3) is 0.360. The van der Waals surface area contributed by atoms with Gasteiger partial charge in [-0.1, -0.05) is 36.4 Å². The molecule has 34 heavy (non-hydrogen) atoms. The number of methoxy groups -OCH3 is 1. The lowest BCUT2D eigenvalue weighted by molar-refractivity contribution is -0.141. The van der Waals surface area contributed by atoms with Gasteiger partial charge in [-0.15, -0.1) is 0 Å². The largest absolute Gasteiger partial charge is 0.486 e. The summed E-state index contributed by atoms with van der Waals surface area (Å²) in [6.45, 7) is -0.613. The Labute approximate surface area is 196 Å². The summed E-state index contributed by atoms with van der Waals surface area (Å²) in [6.07, 6.45) is -0.488. The van der Waals surface area contributed by atoms with Crippen molar-refractivity contribution in [3.8, 4) is 5.75 Å². The smallest absolute Gasteiger partial charge is 0.249 e. The van der Waals surface area contributed by atoms with Crippen molar-refractivity contribution in [1.82, 2.24) is 10.2 Å². The molecule has 0 saturated heterocycles. The number of aliphatic hydroxyl groups excluding tert-OH is 2. The second-order valence-corrected chi connectivity index (χ2v) is 8.23. The van der Waals surface area contributed by atoms with Crippen LogP contribution in [-0.4, -0.2) is 72.0 Å². The molecular weight excluding hydrogens is 443 g/mol. The maximum atomic E-state index is 14.4. The van der Waals surface area contributed by atoms with Crippen molar-refractivity contribution >= 4 is 11.8 Å². The number of nitrogens with zero attached hydrogens (tertiary/aromatic N) is 1. The van der Waals surface area contributed by atoms with E-state index in [-0.39, 0.29) is 31.9 Å². The summed E-state index contributed by atoms with van der Waals surface area (Å²) in [5, 5.41) is 23.2. The molecule has 2 aromatic carbocycles. The van der Waals surface area contributed by atoms with E-state index in [1.54, 1.807) is 36.4 Å². The number of benzene rings is 2. The number of amides is 2. The molecule has 8 nitrogen and oxygen atoms in total. The first-order chi connectivity index (χ1) is 16.5. The van der Waals surface area contributed by atoms with Gasteiger partial charge in [0.05, 0.1) is 18.6 Å². The van der Waals surface area contributed by atoms with Crippen molar-refractivity contribution in [3.05, 3.63) is 77.1 Å². The quantitative estimate of drug-likeness (QED) is 0.534. The second-order valence-electron chi connectivity index (χ2n) is 8.23. The lowest BCUT2D eigenvalue weighted by Gasteiger charge is -2.40. The van der Waals surface area contributed by atoms with E-state index in [1.807, 2.05) is 12.1 Å². The molecule has 0 fully saturated rings. The van der Waals surface area contributed by atoms with Crippen LogP contribution in [0.4, 0.5) is 4.39 Å². The van der Waals surface area contributed by atoms with E-state index in [0.717, 1.165) is 5.56 Å². The number of halogens is 1. The molecule has 0 aromatic heterocycles. The van der Waals surface area contributed by atoms with Gasteiger partial charge in [-0.25, -0.2) is 4.39 Å². The van der Waals surface area contributed by atoms with E-state index in [0.29, 0.717) is 11.3 Å². The molecular formula is C25H27FN2O6. The topological polar surface area (TPSA) is 108 Å². The number of fused-ring (bicyclic) bond motifs is 3. The summed E-state index contributed by atoms with van der Waals surface area (Å²) in [5.41, 5.74) is 1.32. The highest BCUT2D eigenvalue weighted by Crippen LogP contribution is 2.47. The molecule has 2 amide bonds. The number of ether oxygens (including phenoxy) is 2. The highest BCUT2D eigenvalue weighted by Gasteiger charge is 2.50. The minimum atomic E-state index is -1.20. The first kappa shape index (κ1) is 23.9. The van der Waals surface area contributed by atoms with E-state index in [2.05, 4.69) is 5.32 Å². The summed E-state index contributed by atoms with van der Waals surface area (Å²) in [4.78, 5) is 27.4. The summed E-state index contributed by atoms with van der Waals surface area (Å²) in [5.74, 6) is -1.42. The third kappa shape index (κ3) is 4.54. The minimum absolute atomic E-state index is 0.0465. The lowest BCUT2D eigenvalue weighted by Crippen LogP contribution is -2.56. The van der Waals surface area contributed by atoms with Crippen molar-refractivity contribution in [2.75, 3.05) is 26.9 Å². The standard InChI is InChI=1S/C25H27FN2O6/c1-33-14-21(30)28(13-15-6-2-4-8-18(15)26)19-12-17(25(32)27-10-11-29)22-16-7-3-5-9-20(16)34-24(22)23(19)31/h2-9,12,19,22-24,29,31H,10-11,13-14H2,1H3,(H,27,32). The Morgan fingerprint density at radius 3 is 2.65 bits per heavy atom. The van der Waals surface area contributed by atoms with E-state index >= 15 is 0 Å². The van der Waals surface area contributed by atoms with Crippen LogP contribution >= 0.6 is 0 Å². The molecule has 0 saturated carbocycles. The van der Waals surface area contributed by atoms with Gasteiger partial charge in [0.2, 0.25) is 11.8 Å². The van der Waals surface area contributed by atoms with Crippen molar-refractivity contribution in [1.29, 1.82) is 0 Å². The number of aliphatic hydroxyl groups is 2. The zero-order chi connectivity index (χ0) is 24.2. The fourth-order valence-electron chi connectivity index (χ4n) is 4.57. The van der Waals surface area contributed by atoms with Gasteiger partial charge >= 0.3 is 0 Å². The van der Waals surface area contributed by atoms with Gasteiger partial charge in [-0.3, -0.25) is 9.59 Å². The SMILES string of the molecule is COCC(=O)N(Cc1ccccc1F)C1C=C(C(=O)NCCO)C2c3ccccc3OC2C1O. The summed E-state index contributed by atoms with van der Waals surface area (Å²) >= 11 is 0. The van der Waals surface area contributed by atoms with E-state index < -0.39 is 41.8 Å². The molecule has 1 aliphatic heterocycles. The first-order valence-corrected chi connectivity index (χ1v) is 11.0. The summed E-state index contributed by atoms with van der Waals surface area (Å²) < 4.78 is 25.5. The molecule has 0 spiro atoms. The molecule has 4 atom stereocenters. The Kier molecular flexibility index (Phi) is 7.26. The zero-order valence-corrected chi connectivity index (χ0v) is 18.7. The van der Waals surface area contributed by atoms with Crippen LogP contribution in [0.3, 0.4) is 0 Å². The molecule has 4 unspecified atom stereocenters. The van der Waals surface area contributed by atoms with Crippen LogP contribution in [0.25, 0.3) is 0 Å². The average molecular weight is 470 g/mol. The number of carbonyl (C=O) groups is 2. The molecule has 2 aliphatic rings. The lowest BCUT2D eigenvalue weighted by atomic mass is 9.77. The number of nitrogens with one attached hydrogen (secondary N) is 1. The molecule has 3 N–H and O–H groups in total. The van der Waals surface area contributed by atoms with Crippen LogP contribution < -0.4 is 10.1 Å². The number of rotatable bonds is 8. The molecule has 2 aromatic rings. The third-order valence-electron chi connectivity index (χ3n) is 6.12. The first-order valence-electron chi connectivity index (χ1n) is 11.0. The fourth-order valence-corrected chi connectivity index (χ4v) is 4.57. The van der Waals surface area contributed by atoms with Crippen molar-refractivity contribution < 1.29 is 33.7 Å². The summed E-state index contributed by atoms with van der Waals surface area (Å²) in [6, 6.07) is 12.3. The maximum Gasteiger partial charge on any atom is 0.249 e. The van der Waals surface area contributed by atoms with Crippen LogP contribution in [0.15, 0.2) is 60.2 Å². The Bertz CT molecular complexity index is 1090. The van der Waals surface area contributed by atoms with Crippen molar-refractivity contribution in [2.24, 2.45) is 0 Å². The van der Waals surface area contributed by atoms with Gasteiger partial charge in [0.1, 0.15) is 30.4 Å². The van der Waals surface area contributed by atoms with Gasteiger partial charge in [0.15, 0.2) is 0 Å². The molecule has 1 heterocycles. The van der Waals surface area contributed by atoms with Crippen LogP contribution in [0.2, 0.25) is 0 Å².